The van der Waals surface area contributed by atoms with Crippen LogP contribution in [0.15, 0.2) is 0 Å². The lowest BCUT2D eigenvalue weighted by Gasteiger charge is -2.17. The van der Waals surface area contributed by atoms with Crippen LogP contribution in [0.5, 0.6) is 0 Å². The number of aliphatic carboxylic acids is 1. The van der Waals surface area contributed by atoms with Gasteiger partial charge in [-0.05, 0) is 31.1 Å². The maximum atomic E-state index is 11.7. The van der Waals surface area contributed by atoms with Crippen molar-refractivity contribution in [1.29, 1.82) is 0 Å². The molecule has 5 heteroatoms. The molecule has 1 unspecified atom stereocenters. The zero-order chi connectivity index (χ0) is 12.5. The number of urea groups is 1. The molecule has 1 aliphatic carbocycles. The van der Waals surface area contributed by atoms with Crippen LogP contribution < -0.4 is 5.32 Å². The van der Waals surface area contributed by atoms with Crippen molar-refractivity contribution >= 4 is 12.0 Å². The van der Waals surface area contributed by atoms with Gasteiger partial charge in [0.15, 0.2) is 0 Å². The van der Waals surface area contributed by atoms with Crippen molar-refractivity contribution < 1.29 is 14.7 Å². The van der Waals surface area contributed by atoms with E-state index in [-0.39, 0.29) is 11.9 Å². The number of carboxylic acids is 1. The molecule has 0 aromatic heterocycles. The minimum Gasteiger partial charge on any atom is -0.481 e. The number of carbonyl (C=O) groups is 2. The first-order valence-corrected chi connectivity index (χ1v) is 6.26. The third kappa shape index (κ3) is 3.11. The molecule has 2 aliphatic rings. The average Bonchev–Trinajstić information content (AvgIpc) is 2.83. The summed E-state index contributed by atoms with van der Waals surface area (Å²) in [6.07, 6.45) is 4.11. The molecule has 5 nitrogen and oxygen atoms in total. The van der Waals surface area contributed by atoms with Gasteiger partial charge >= 0.3 is 12.0 Å². The number of likely N-dealkylation sites (tertiary alicyclic amines) is 1. The van der Waals surface area contributed by atoms with Crippen molar-refractivity contribution in [2.24, 2.45) is 11.3 Å². The minimum atomic E-state index is -0.800. The standard InChI is InChI=1S/C12H20N2O3/c1-12(3-4-12)5-6-13-11(17)14-7-2-9(8-14)10(15)16/h9H,2-8H2,1H3,(H,13,17)(H,15,16). The zero-order valence-corrected chi connectivity index (χ0v) is 10.2. The van der Waals surface area contributed by atoms with E-state index in [9.17, 15) is 9.59 Å². The lowest BCUT2D eigenvalue weighted by atomic mass is 10.1. The molecule has 1 saturated carbocycles. The molecule has 1 heterocycles. The highest BCUT2D eigenvalue weighted by atomic mass is 16.4. The van der Waals surface area contributed by atoms with Crippen LogP contribution in [0.25, 0.3) is 0 Å². The molecule has 1 atom stereocenters. The number of nitrogens with zero attached hydrogens (tertiary/aromatic N) is 1. The van der Waals surface area contributed by atoms with Crippen LogP contribution >= 0.6 is 0 Å². The Bertz CT molecular complexity index is 326. The van der Waals surface area contributed by atoms with E-state index >= 15 is 0 Å². The number of carbonyl (C=O) groups excluding carboxylic acids is 1. The molecule has 2 amide bonds. The minimum absolute atomic E-state index is 0.113. The smallest absolute Gasteiger partial charge is 0.317 e. The molecule has 0 aromatic rings. The lowest BCUT2D eigenvalue weighted by Crippen LogP contribution is -2.39. The third-order valence-electron chi connectivity index (χ3n) is 3.93. The molecule has 0 spiro atoms. The first-order chi connectivity index (χ1) is 8.00. The number of hydrogen-bond acceptors (Lipinski definition) is 2. The summed E-state index contributed by atoms with van der Waals surface area (Å²) in [4.78, 5) is 24.1. The quantitative estimate of drug-likeness (QED) is 0.778. The summed E-state index contributed by atoms with van der Waals surface area (Å²) >= 11 is 0. The van der Waals surface area contributed by atoms with Gasteiger partial charge in [0.25, 0.3) is 0 Å². The number of hydrogen-bond donors (Lipinski definition) is 2. The van der Waals surface area contributed by atoms with Crippen LogP contribution in [-0.2, 0) is 4.79 Å². The summed E-state index contributed by atoms with van der Waals surface area (Å²) in [5, 5.41) is 11.7. The molecule has 2 rings (SSSR count). The second-order valence-corrected chi connectivity index (χ2v) is 5.56. The van der Waals surface area contributed by atoms with Crippen molar-refractivity contribution in [3.63, 3.8) is 0 Å². The monoisotopic (exact) mass is 240 g/mol. The van der Waals surface area contributed by atoms with Crippen molar-refractivity contribution in [2.45, 2.75) is 32.6 Å². The molecule has 2 N–H and O–H groups in total. The number of carboxylic acid groups (broad SMARTS) is 1. The Balaban J connectivity index is 1.68. The van der Waals surface area contributed by atoms with Crippen LogP contribution in [-0.4, -0.2) is 41.6 Å². The van der Waals surface area contributed by atoms with Crippen LogP contribution in [0, 0.1) is 11.3 Å². The summed E-state index contributed by atoms with van der Waals surface area (Å²) in [5.41, 5.74) is 0.446. The predicted molar refractivity (Wildman–Crippen MR) is 62.7 cm³/mol. The van der Waals surface area contributed by atoms with Crippen molar-refractivity contribution in [3.05, 3.63) is 0 Å². The molecular weight excluding hydrogens is 220 g/mol. The summed E-state index contributed by atoms with van der Waals surface area (Å²) in [6, 6.07) is -0.113. The van der Waals surface area contributed by atoms with E-state index in [4.69, 9.17) is 5.11 Å². The van der Waals surface area contributed by atoms with Gasteiger partial charge in [0, 0.05) is 19.6 Å². The third-order valence-corrected chi connectivity index (χ3v) is 3.93. The van der Waals surface area contributed by atoms with E-state index in [2.05, 4.69) is 12.2 Å². The Hall–Kier alpha value is -1.26. The van der Waals surface area contributed by atoms with Gasteiger partial charge in [-0.15, -0.1) is 0 Å². The molecule has 17 heavy (non-hydrogen) atoms. The van der Waals surface area contributed by atoms with Gasteiger partial charge in [-0.2, -0.15) is 0 Å². The fraction of sp³-hybridized carbons (Fsp3) is 0.833. The summed E-state index contributed by atoms with van der Waals surface area (Å²) in [7, 11) is 0. The largest absolute Gasteiger partial charge is 0.481 e. The highest BCUT2D eigenvalue weighted by Crippen LogP contribution is 2.47. The van der Waals surface area contributed by atoms with Gasteiger partial charge in [-0.25, -0.2) is 4.79 Å². The average molecular weight is 240 g/mol. The molecular formula is C12H20N2O3. The molecule has 0 aromatic carbocycles. The van der Waals surface area contributed by atoms with Gasteiger partial charge < -0.3 is 15.3 Å². The Labute approximate surface area is 101 Å². The van der Waals surface area contributed by atoms with Gasteiger partial charge in [-0.3, -0.25) is 4.79 Å². The first-order valence-electron chi connectivity index (χ1n) is 6.26. The van der Waals surface area contributed by atoms with Crippen LogP contribution in [0.2, 0.25) is 0 Å². The summed E-state index contributed by atoms with van der Waals surface area (Å²) in [6.45, 7) is 3.83. The molecule has 0 bridgehead atoms. The maximum Gasteiger partial charge on any atom is 0.317 e. The van der Waals surface area contributed by atoms with Crippen LogP contribution in [0.4, 0.5) is 4.79 Å². The summed E-state index contributed by atoms with van der Waals surface area (Å²) in [5.74, 6) is -1.19. The zero-order valence-electron chi connectivity index (χ0n) is 10.2. The van der Waals surface area contributed by atoms with E-state index in [1.54, 1.807) is 4.90 Å². The van der Waals surface area contributed by atoms with Gasteiger partial charge in [-0.1, -0.05) is 6.92 Å². The molecule has 0 radical (unpaired) electrons. The van der Waals surface area contributed by atoms with Gasteiger partial charge in [0.1, 0.15) is 0 Å². The number of amides is 2. The fourth-order valence-corrected chi connectivity index (χ4v) is 2.19. The lowest BCUT2D eigenvalue weighted by molar-refractivity contribution is -0.141. The Morgan fingerprint density at radius 1 is 1.47 bits per heavy atom. The van der Waals surface area contributed by atoms with Gasteiger partial charge in [0.05, 0.1) is 5.92 Å². The fourth-order valence-electron chi connectivity index (χ4n) is 2.19. The van der Waals surface area contributed by atoms with Crippen molar-refractivity contribution in [1.82, 2.24) is 10.2 Å². The second kappa shape index (κ2) is 4.55. The second-order valence-electron chi connectivity index (χ2n) is 5.56. The maximum absolute atomic E-state index is 11.7. The molecule has 2 fully saturated rings. The van der Waals surface area contributed by atoms with Crippen LogP contribution in [0.3, 0.4) is 0 Å². The predicted octanol–water partition coefficient (Wildman–Crippen LogP) is 1.29. The summed E-state index contributed by atoms with van der Waals surface area (Å²) < 4.78 is 0. The molecule has 96 valence electrons. The molecule has 1 saturated heterocycles. The van der Waals surface area contributed by atoms with Crippen molar-refractivity contribution in [2.75, 3.05) is 19.6 Å². The topological polar surface area (TPSA) is 69.6 Å². The highest BCUT2D eigenvalue weighted by Gasteiger charge is 2.36. The first kappa shape index (κ1) is 12.2. The van der Waals surface area contributed by atoms with E-state index in [1.807, 2.05) is 0 Å². The normalized spacial score (nSPS) is 25.7. The molecule has 1 aliphatic heterocycles. The van der Waals surface area contributed by atoms with Crippen molar-refractivity contribution in [3.8, 4) is 0 Å². The van der Waals surface area contributed by atoms with E-state index in [0.29, 0.717) is 31.5 Å². The van der Waals surface area contributed by atoms with Crippen LogP contribution in [0.1, 0.15) is 32.6 Å². The number of rotatable bonds is 4. The van der Waals surface area contributed by atoms with E-state index in [0.717, 1.165) is 6.42 Å². The Morgan fingerprint density at radius 2 is 2.18 bits per heavy atom. The van der Waals surface area contributed by atoms with Gasteiger partial charge in [0.2, 0.25) is 0 Å². The SMILES string of the molecule is CC1(CCNC(=O)N2CCC(C(=O)O)C2)CC1. The van der Waals surface area contributed by atoms with E-state index < -0.39 is 5.97 Å². The Kier molecular flexibility index (Phi) is 3.26. The Morgan fingerprint density at radius 3 is 2.71 bits per heavy atom. The highest BCUT2D eigenvalue weighted by molar-refractivity contribution is 5.77. The number of nitrogens with one attached hydrogen (secondary N) is 1. The van der Waals surface area contributed by atoms with E-state index in [1.165, 1.54) is 12.8 Å².